The second-order valence-electron chi connectivity index (χ2n) is 19.8. The maximum absolute atomic E-state index is 14.0. The molecule has 1 aliphatic carbocycles. The van der Waals surface area contributed by atoms with Crippen molar-refractivity contribution in [3.05, 3.63) is 63.7 Å². The Kier molecular flexibility index (Phi) is 12.2. The van der Waals surface area contributed by atoms with Crippen LogP contribution in [0.3, 0.4) is 0 Å². The summed E-state index contributed by atoms with van der Waals surface area (Å²) in [5.74, 6) is 7.82. The highest BCUT2D eigenvalue weighted by Gasteiger charge is 2.43. The number of unbranched alkanes of at least 4 members (excludes halogenated alkanes) is 1. The summed E-state index contributed by atoms with van der Waals surface area (Å²) in [5, 5.41) is 0.383. The minimum Gasteiger partial charge on any atom is -0.417 e. The number of hydrogen-bond donors (Lipinski definition) is 0. The quantitative estimate of drug-likeness (QED) is 0.123. The van der Waals surface area contributed by atoms with Crippen LogP contribution in [0.15, 0.2) is 35.2 Å². The van der Waals surface area contributed by atoms with E-state index in [0.717, 1.165) is 67.6 Å². The van der Waals surface area contributed by atoms with E-state index in [4.69, 9.17) is 8.85 Å². The third kappa shape index (κ3) is 9.50. The van der Waals surface area contributed by atoms with Gasteiger partial charge in [0.15, 0.2) is 16.6 Å². The van der Waals surface area contributed by atoms with Crippen LogP contribution in [-0.2, 0) is 37.4 Å². The lowest BCUT2D eigenvalue weighted by Crippen LogP contribution is -2.41. The summed E-state index contributed by atoms with van der Waals surface area (Å²) in [6.07, 6.45) is 5.09. The summed E-state index contributed by atoms with van der Waals surface area (Å²) in [7, 11) is -7.28. The van der Waals surface area contributed by atoms with E-state index in [-0.39, 0.29) is 20.9 Å². The standard InChI is InChI=1S/C43H69NO4SSi2/c1-32-18-20-35(21-19-32)49(45,46)44-30-34-28-37-33(23-27-48-51(14,15)41(5,6)7)29-43(10,11)39(37)36(38(34)31-44)22-25-42(8,9)24-16-17-26-47-50(12,13)40(2,3)4/h18-21,28,33H,16-17,23-24,26-27,29-31H2,1-15H3. The number of benzene rings is 2. The van der Waals surface area contributed by atoms with Crippen molar-refractivity contribution in [2.24, 2.45) is 5.41 Å². The molecule has 51 heavy (non-hydrogen) atoms. The monoisotopic (exact) mass is 751 g/mol. The molecule has 0 aromatic heterocycles. The van der Waals surface area contributed by atoms with E-state index in [1.807, 2.05) is 19.1 Å². The van der Waals surface area contributed by atoms with Crippen LogP contribution in [0.5, 0.6) is 0 Å². The van der Waals surface area contributed by atoms with Gasteiger partial charge in [0.2, 0.25) is 10.0 Å². The Labute approximate surface area is 315 Å². The van der Waals surface area contributed by atoms with E-state index >= 15 is 0 Å². The van der Waals surface area contributed by atoms with Gasteiger partial charge in [-0.2, -0.15) is 4.31 Å². The molecule has 0 spiro atoms. The van der Waals surface area contributed by atoms with Crippen LogP contribution in [0, 0.1) is 24.2 Å². The van der Waals surface area contributed by atoms with Crippen LogP contribution < -0.4 is 0 Å². The first-order valence-electron chi connectivity index (χ1n) is 19.3. The summed E-state index contributed by atoms with van der Waals surface area (Å²) in [5.41, 5.74) is 6.70. The lowest BCUT2D eigenvalue weighted by molar-refractivity contribution is 0.266. The van der Waals surface area contributed by atoms with Crippen molar-refractivity contribution >= 4 is 26.7 Å². The zero-order valence-electron chi connectivity index (χ0n) is 34.8. The fourth-order valence-corrected chi connectivity index (χ4v) is 10.6. The van der Waals surface area contributed by atoms with Crippen molar-refractivity contribution in [1.29, 1.82) is 0 Å². The molecule has 2 aromatic rings. The molecule has 0 radical (unpaired) electrons. The minimum absolute atomic E-state index is 0.0789. The molecule has 2 aromatic carbocycles. The fourth-order valence-electron chi connectivity index (χ4n) is 7.03. The Bertz CT molecular complexity index is 1730. The predicted molar refractivity (Wildman–Crippen MR) is 220 cm³/mol. The molecule has 1 heterocycles. The molecule has 1 aliphatic heterocycles. The molecule has 0 fully saturated rings. The first-order chi connectivity index (χ1) is 23.2. The van der Waals surface area contributed by atoms with Crippen LogP contribution in [0.25, 0.3) is 0 Å². The van der Waals surface area contributed by atoms with Crippen LogP contribution in [0.2, 0.25) is 36.3 Å². The molecule has 0 saturated carbocycles. The van der Waals surface area contributed by atoms with E-state index in [1.54, 1.807) is 16.4 Å². The highest BCUT2D eigenvalue weighted by molar-refractivity contribution is 7.89. The van der Waals surface area contributed by atoms with Crippen molar-refractivity contribution in [2.45, 2.75) is 174 Å². The van der Waals surface area contributed by atoms with Crippen LogP contribution in [-0.4, -0.2) is 42.6 Å². The lowest BCUT2D eigenvalue weighted by Gasteiger charge is -2.36. The summed E-state index contributed by atoms with van der Waals surface area (Å²) >= 11 is 0. The normalized spacial score (nSPS) is 18.4. The molecule has 4 rings (SSSR count). The molecule has 2 aliphatic rings. The Morgan fingerprint density at radius 3 is 2.00 bits per heavy atom. The number of hydrogen-bond acceptors (Lipinski definition) is 4. The summed E-state index contributed by atoms with van der Waals surface area (Å²) < 4.78 is 42.7. The smallest absolute Gasteiger partial charge is 0.243 e. The molecule has 0 bridgehead atoms. The molecule has 0 saturated heterocycles. The number of sulfonamides is 1. The third-order valence-corrected chi connectivity index (χ3v) is 23.4. The van der Waals surface area contributed by atoms with Gasteiger partial charge in [0, 0.05) is 37.3 Å². The van der Waals surface area contributed by atoms with Crippen molar-refractivity contribution in [2.75, 3.05) is 13.2 Å². The van der Waals surface area contributed by atoms with Crippen molar-refractivity contribution < 1.29 is 17.3 Å². The maximum Gasteiger partial charge on any atom is 0.243 e. The van der Waals surface area contributed by atoms with Gasteiger partial charge in [0.05, 0.1) is 4.90 Å². The van der Waals surface area contributed by atoms with Gasteiger partial charge in [-0.25, -0.2) is 8.42 Å². The topological polar surface area (TPSA) is 55.8 Å². The second kappa shape index (κ2) is 14.8. The molecule has 8 heteroatoms. The van der Waals surface area contributed by atoms with E-state index < -0.39 is 26.7 Å². The Morgan fingerprint density at radius 2 is 1.43 bits per heavy atom. The Morgan fingerprint density at radius 1 is 0.863 bits per heavy atom. The molecular weight excluding hydrogens is 683 g/mol. The van der Waals surface area contributed by atoms with Gasteiger partial charge >= 0.3 is 0 Å². The van der Waals surface area contributed by atoms with Gasteiger partial charge in [-0.05, 0) is 135 Å². The maximum atomic E-state index is 14.0. The Balaban J connectivity index is 1.66. The first-order valence-corrected chi connectivity index (χ1v) is 26.5. The van der Waals surface area contributed by atoms with Crippen LogP contribution in [0.4, 0.5) is 0 Å². The average Bonchev–Trinajstić information content (AvgIpc) is 3.53. The number of aryl methyl sites for hydroxylation is 1. The number of nitrogens with zero attached hydrogens (tertiary/aromatic N) is 1. The fraction of sp³-hybridized carbons (Fsp3) is 0.674. The molecule has 1 unspecified atom stereocenters. The average molecular weight is 752 g/mol. The molecule has 284 valence electrons. The third-order valence-electron chi connectivity index (χ3n) is 12.5. The van der Waals surface area contributed by atoms with E-state index in [9.17, 15) is 8.42 Å². The Hall–Kier alpha value is -1.74. The lowest BCUT2D eigenvalue weighted by atomic mass is 9.80. The van der Waals surface area contributed by atoms with Gasteiger partial charge < -0.3 is 8.85 Å². The molecular formula is C43H69NO4SSi2. The van der Waals surface area contributed by atoms with Gasteiger partial charge in [-0.1, -0.05) is 91.0 Å². The van der Waals surface area contributed by atoms with Crippen molar-refractivity contribution in [1.82, 2.24) is 4.31 Å². The predicted octanol–water partition coefficient (Wildman–Crippen LogP) is 11.4. The number of fused-ring (bicyclic) bond motifs is 2. The molecule has 0 N–H and O–H groups in total. The SMILES string of the molecule is Cc1ccc(S(=O)(=O)N2Cc3cc4c(c(C#CC(C)(C)CCCCO[Si](C)(C)C(C)(C)C)c3C2)C(C)(C)CC4CCO[Si](C)(C)C(C)(C)C)cc1. The van der Waals surface area contributed by atoms with Crippen LogP contribution in [0.1, 0.15) is 141 Å². The molecule has 5 nitrogen and oxygen atoms in total. The van der Waals surface area contributed by atoms with Gasteiger partial charge in [0.25, 0.3) is 0 Å². The summed E-state index contributed by atoms with van der Waals surface area (Å²) in [6, 6.07) is 9.55. The molecule has 1 atom stereocenters. The summed E-state index contributed by atoms with van der Waals surface area (Å²) in [6.45, 7) is 36.5. The van der Waals surface area contributed by atoms with E-state index in [2.05, 4.69) is 113 Å². The first kappa shape index (κ1) is 42.0. The minimum atomic E-state index is -3.66. The zero-order chi connectivity index (χ0) is 38.4. The molecule has 0 amide bonds. The highest BCUT2D eigenvalue weighted by Crippen LogP contribution is 2.51. The van der Waals surface area contributed by atoms with E-state index in [1.165, 1.54) is 11.1 Å². The largest absolute Gasteiger partial charge is 0.417 e. The van der Waals surface area contributed by atoms with Crippen molar-refractivity contribution in [3.63, 3.8) is 0 Å². The second-order valence-corrected chi connectivity index (χ2v) is 31.4. The highest BCUT2D eigenvalue weighted by atomic mass is 32.2. The van der Waals surface area contributed by atoms with Crippen molar-refractivity contribution in [3.8, 4) is 11.8 Å². The van der Waals surface area contributed by atoms with Gasteiger partial charge in [-0.3, -0.25) is 0 Å². The number of rotatable bonds is 12. The van der Waals surface area contributed by atoms with Crippen LogP contribution >= 0.6 is 0 Å². The van der Waals surface area contributed by atoms with Gasteiger partial charge in [-0.15, -0.1) is 0 Å². The zero-order valence-corrected chi connectivity index (χ0v) is 37.6. The van der Waals surface area contributed by atoms with E-state index in [0.29, 0.717) is 23.9 Å². The summed E-state index contributed by atoms with van der Waals surface area (Å²) in [4.78, 5) is 0.348. The van der Waals surface area contributed by atoms with Gasteiger partial charge in [0.1, 0.15) is 0 Å².